The second kappa shape index (κ2) is 7.72. The third kappa shape index (κ3) is 5.02. The van der Waals surface area contributed by atoms with Gasteiger partial charge in [-0.1, -0.05) is 38.7 Å². The minimum Gasteiger partial charge on any atom is -0.384 e. The minimum atomic E-state index is 1.08. The molecule has 0 amide bonds. The molecule has 0 bridgehead atoms. The highest BCUT2D eigenvalue weighted by atomic mass is 79.9. The molecule has 0 saturated heterocycles. The summed E-state index contributed by atoms with van der Waals surface area (Å²) >= 11 is 3.56. The van der Waals surface area contributed by atoms with Gasteiger partial charge in [-0.05, 0) is 47.0 Å². The first-order valence-corrected chi connectivity index (χ1v) is 7.03. The fraction of sp³-hybridized carbons (Fsp3) is 0.571. The van der Waals surface area contributed by atoms with E-state index in [1.54, 1.807) is 0 Å². The summed E-state index contributed by atoms with van der Waals surface area (Å²) in [5.74, 6) is 0. The first-order valence-electron chi connectivity index (χ1n) is 6.24. The third-order valence-electron chi connectivity index (χ3n) is 2.72. The van der Waals surface area contributed by atoms with Crippen LogP contribution in [0, 0.1) is 6.92 Å². The molecule has 0 aliphatic heterocycles. The maximum absolute atomic E-state index is 3.56. The van der Waals surface area contributed by atoms with Crippen LogP contribution in [-0.4, -0.2) is 6.54 Å². The molecule has 0 saturated carbocycles. The maximum atomic E-state index is 3.56. The smallest absolute Gasteiger partial charge is 0.0487 e. The molecule has 1 rings (SSSR count). The van der Waals surface area contributed by atoms with E-state index >= 15 is 0 Å². The van der Waals surface area contributed by atoms with Crippen molar-refractivity contribution in [2.45, 2.75) is 46.0 Å². The number of halogens is 1. The SMILES string of the molecule is CCCCCCCNc1cc(C)ccc1Br. The third-order valence-corrected chi connectivity index (χ3v) is 3.41. The Labute approximate surface area is 108 Å². The van der Waals surface area contributed by atoms with Gasteiger partial charge in [-0.25, -0.2) is 0 Å². The van der Waals surface area contributed by atoms with Crippen LogP contribution < -0.4 is 5.32 Å². The lowest BCUT2D eigenvalue weighted by molar-refractivity contribution is 0.645. The highest BCUT2D eigenvalue weighted by Crippen LogP contribution is 2.23. The Morgan fingerprint density at radius 1 is 1.12 bits per heavy atom. The van der Waals surface area contributed by atoms with Crippen molar-refractivity contribution in [2.75, 3.05) is 11.9 Å². The molecule has 1 aromatic carbocycles. The van der Waals surface area contributed by atoms with Gasteiger partial charge in [0.05, 0.1) is 0 Å². The van der Waals surface area contributed by atoms with Crippen molar-refractivity contribution in [2.24, 2.45) is 0 Å². The van der Waals surface area contributed by atoms with E-state index in [-0.39, 0.29) is 0 Å². The average Bonchev–Trinajstić information content (AvgIpc) is 2.28. The van der Waals surface area contributed by atoms with E-state index in [2.05, 4.69) is 53.3 Å². The summed E-state index contributed by atoms with van der Waals surface area (Å²) in [6.45, 7) is 5.45. The molecule has 1 N–H and O–H groups in total. The molecule has 0 unspecified atom stereocenters. The molecule has 0 radical (unpaired) electrons. The Kier molecular flexibility index (Phi) is 6.55. The van der Waals surface area contributed by atoms with E-state index in [9.17, 15) is 0 Å². The molecule has 0 aliphatic rings. The molecule has 90 valence electrons. The van der Waals surface area contributed by atoms with Crippen LogP contribution in [0.3, 0.4) is 0 Å². The van der Waals surface area contributed by atoms with E-state index < -0.39 is 0 Å². The van der Waals surface area contributed by atoms with Crippen LogP contribution in [0.2, 0.25) is 0 Å². The van der Waals surface area contributed by atoms with Gasteiger partial charge in [0.25, 0.3) is 0 Å². The van der Waals surface area contributed by atoms with E-state index in [0.717, 1.165) is 11.0 Å². The first kappa shape index (κ1) is 13.6. The normalized spacial score (nSPS) is 10.4. The largest absolute Gasteiger partial charge is 0.384 e. The number of hydrogen-bond acceptors (Lipinski definition) is 1. The molecular formula is C14H22BrN. The average molecular weight is 284 g/mol. The van der Waals surface area contributed by atoms with Crippen LogP contribution in [-0.2, 0) is 0 Å². The van der Waals surface area contributed by atoms with Crippen molar-refractivity contribution >= 4 is 21.6 Å². The zero-order valence-corrected chi connectivity index (χ0v) is 11.9. The standard InChI is InChI=1S/C14H22BrN/c1-3-4-5-6-7-10-16-14-11-12(2)8-9-13(14)15/h8-9,11,16H,3-7,10H2,1-2H3. The van der Waals surface area contributed by atoms with Crippen LogP contribution in [0.15, 0.2) is 22.7 Å². The van der Waals surface area contributed by atoms with Crippen molar-refractivity contribution < 1.29 is 0 Å². The predicted octanol–water partition coefficient (Wildman–Crippen LogP) is 5.14. The zero-order chi connectivity index (χ0) is 11.8. The number of aryl methyl sites for hydroxylation is 1. The number of nitrogens with one attached hydrogen (secondary N) is 1. The van der Waals surface area contributed by atoms with Gasteiger partial charge >= 0.3 is 0 Å². The van der Waals surface area contributed by atoms with Crippen molar-refractivity contribution in [3.05, 3.63) is 28.2 Å². The fourth-order valence-electron chi connectivity index (χ4n) is 1.73. The minimum absolute atomic E-state index is 1.08. The zero-order valence-electron chi connectivity index (χ0n) is 10.4. The summed E-state index contributed by atoms with van der Waals surface area (Å²) in [4.78, 5) is 0. The van der Waals surface area contributed by atoms with Crippen molar-refractivity contribution in [1.82, 2.24) is 0 Å². The van der Waals surface area contributed by atoms with Gasteiger partial charge in [0, 0.05) is 16.7 Å². The van der Waals surface area contributed by atoms with Gasteiger partial charge in [0.1, 0.15) is 0 Å². The highest BCUT2D eigenvalue weighted by Gasteiger charge is 1.98. The molecule has 2 heteroatoms. The Bertz CT molecular complexity index is 310. The summed E-state index contributed by atoms with van der Waals surface area (Å²) in [5.41, 5.74) is 2.52. The van der Waals surface area contributed by atoms with Crippen molar-refractivity contribution in [3.8, 4) is 0 Å². The molecule has 0 spiro atoms. The molecule has 0 atom stereocenters. The molecular weight excluding hydrogens is 262 g/mol. The maximum Gasteiger partial charge on any atom is 0.0487 e. The topological polar surface area (TPSA) is 12.0 Å². The quantitative estimate of drug-likeness (QED) is 0.683. The Hall–Kier alpha value is -0.500. The summed E-state index contributed by atoms with van der Waals surface area (Å²) in [5, 5.41) is 3.48. The summed E-state index contributed by atoms with van der Waals surface area (Å²) in [6.07, 6.45) is 6.66. The molecule has 16 heavy (non-hydrogen) atoms. The van der Waals surface area contributed by atoms with E-state index in [0.29, 0.717) is 0 Å². The van der Waals surface area contributed by atoms with Crippen LogP contribution in [0.5, 0.6) is 0 Å². The van der Waals surface area contributed by atoms with Gasteiger partial charge in [-0.3, -0.25) is 0 Å². The molecule has 1 nitrogen and oxygen atoms in total. The Morgan fingerprint density at radius 2 is 1.88 bits per heavy atom. The van der Waals surface area contributed by atoms with Crippen LogP contribution in [0.1, 0.15) is 44.6 Å². The van der Waals surface area contributed by atoms with Crippen molar-refractivity contribution in [1.29, 1.82) is 0 Å². The Balaban J connectivity index is 2.23. The van der Waals surface area contributed by atoms with Gasteiger partial charge in [-0.2, -0.15) is 0 Å². The monoisotopic (exact) mass is 283 g/mol. The molecule has 0 heterocycles. The van der Waals surface area contributed by atoms with Gasteiger partial charge in [-0.15, -0.1) is 0 Å². The lowest BCUT2D eigenvalue weighted by Gasteiger charge is -2.09. The number of unbranched alkanes of at least 4 members (excludes halogenated alkanes) is 4. The van der Waals surface area contributed by atoms with Gasteiger partial charge in [0.2, 0.25) is 0 Å². The number of hydrogen-bond donors (Lipinski definition) is 1. The van der Waals surface area contributed by atoms with Crippen molar-refractivity contribution in [3.63, 3.8) is 0 Å². The molecule has 0 fully saturated rings. The van der Waals surface area contributed by atoms with Crippen LogP contribution >= 0.6 is 15.9 Å². The van der Waals surface area contributed by atoms with E-state index in [4.69, 9.17) is 0 Å². The first-order chi connectivity index (χ1) is 7.74. The number of anilines is 1. The summed E-state index contributed by atoms with van der Waals surface area (Å²) in [7, 11) is 0. The van der Waals surface area contributed by atoms with E-state index in [1.165, 1.54) is 43.4 Å². The van der Waals surface area contributed by atoms with E-state index in [1.807, 2.05) is 0 Å². The fourth-order valence-corrected chi connectivity index (χ4v) is 2.11. The second-order valence-corrected chi connectivity index (χ2v) is 5.18. The lowest BCUT2D eigenvalue weighted by Crippen LogP contribution is -2.02. The molecule has 0 aromatic heterocycles. The number of benzene rings is 1. The van der Waals surface area contributed by atoms with Gasteiger partial charge in [0.15, 0.2) is 0 Å². The highest BCUT2D eigenvalue weighted by molar-refractivity contribution is 9.10. The lowest BCUT2D eigenvalue weighted by atomic mass is 10.1. The summed E-state index contributed by atoms with van der Waals surface area (Å²) in [6, 6.07) is 6.42. The summed E-state index contributed by atoms with van der Waals surface area (Å²) < 4.78 is 1.16. The second-order valence-electron chi connectivity index (χ2n) is 4.32. The van der Waals surface area contributed by atoms with Crippen LogP contribution in [0.4, 0.5) is 5.69 Å². The van der Waals surface area contributed by atoms with Gasteiger partial charge < -0.3 is 5.32 Å². The molecule has 1 aromatic rings. The number of rotatable bonds is 7. The molecule has 0 aliphatic carbocycles. The predicted molar refractivity (Wildman–Crippen MR) is 76.1 cm³/mol. The Morgan fingerprint density at radius 3 is 2.62 bits per heavy atom. The van der Waals surface area contributed by atoms with Crippen LogP contribution in [0.25, 0.3) is 0 Å².